The lowest BCUT2D eigenvalue weighted by molar-refractivity contribution is -0.115. The molecule has 9 nitrogen and oxygen atoms in total. The van der Waals surface area contributed by atoms with Crippen molar-refractivity contribution in [3.8, 4) is 22.5 Å². The van der Waals surface area contributed by atoms with E-state index in [1.807, 2.05) is 88.9 Å². The molecule has 222 valence electrons. The van der Waals surface area contributed by atoms with Gasteiger partial charge in [0.2, 0.25) is 11.9 Å². The van der Waals surface area contributed by atoms with Crippen LogP contribution in [-0.4, -0.2) is 57.6 Å². The van der Waals surface area contributed by atoms with Gasteiger partial charge in [-0.25, -0.2) is 14.5 Å². The highest BCUT2D eigenvalue weighted by Gasteiger charge is 2.19. The van der Waals surface area contributed by atoms with Gasteiger partial charge >= 0.3 is 0 Å². The first-order chi connectivity index (χ1) is 21.5. The number of carbonyl (C=O) groups excluding carboxylic acids is 1. The molecule has 0 saturated carbocycles. The second-order valence-corrected chi connectivity index (χ2v) is 11.7. The molecule has 6 rings (SSSR count). The summed E-state index contributed by atoms with van der Waals surface area (Å²) in [6.45, 7) is 2.68. The number of likely N-dealkylation sites (N-methyl/N-ethyl adjacent to an activating group) is 1. The maximum absolute atomic E-state index is 12.7. The minimum Gasteiger partial charge on any atom is -0.326 e. The molecule has 10 heteroatoms. The second-order valence-electron chi connectivity index (χ2n) is 10.7. The predicted molar refractivity (Wildman–Crippen MR) is 178 cm³/mol. The molecule has 0 atom stereocenters. The molecule has 4 aromatic heterocycles. The lowest BCUT2D eigenvalue weighted by Gasteiger charge is -2.12. The molecule has 0 aliphatic carbocycles. The Hall–Kier alpha value is -4.90. The molecule has 0 aliphatic heterocycles. The van der Waals surface area contributed by atoms with E-state index in [9.17, 15) is 4.79 Å². The Labute approximate surface area is 260 Å². The molecule has 0 bridgehead atoms. The van der Waals surface area contributed by atoms with Crippen molar-refractivity contribution in [3.63, 3.8) is 0 Å². The normalized spacial score (nSPS) is 11.2. The number of thiophene rings is 1. The summed E-state index contributed by atoms with van der Waals surface area (Å²) < 4.78 is 1.86. The molecule has 3 N–H and O–H groups in total. The van der Waals surface area contributed by atoms with Crippen LogP contribution in [0.25, 0.3) is 28.0 Å². The number of anilines is 3. The number of nitrogens with one attached hydrogen (secondary N) is 3. The van der Waals surface area contributed by atoms with E-state index in [0.29, 0.717) is 18.1 Å². The van der Waals surface area contributed by atoms with Crippen molar-refractivity contribution in [2.24, 2.45) is 0 Å². The Morgan fingerprint density at radius 3 is 2.70 bits per heavy atom. The molecule has 0 saturated heterocycles. The highest BCUT2D eigenvalue weighted by Crippen LogP contribution is 2.35. The Morgan fingerprint density at radius 1 is 0.955 bits per heavy atom. The van der Waals surface area contributed by atoms with Gasteiger partial charge in [-0.1, -0.05) is 36.4 Å². The van der Waals surface area contributed by atoms with Crippen LogP contribution in [0.4, 0.5) is 17.3 Å². The average molecular weight is 603 g/mol. The van der Waals surface area contributed by atoms with E-state index in [1.54, 1.807) is 17.5 Å². The highest BCUT2D eigenvalue weighted by atomic mass is 32.1. The van der Waals surface area contributed by atoms with Crippen LogP contribution < -0.4 is 16.0 Å². The zero-order chi connectivity index (χ0) is 30.3. The van der Waals surface area contributed by atoms with Gasteiger partial charge in [-0.15, -0.1) is 11.3 Å². The second kappa shape index (κ2) is 13.6. The molecule has 0 unspecified atom stereocenters. The van der Waals surface area contributed by atoms with Crippen LogP contribution in [0, 0.1) is 0 Å². The molecule has 0 fully saturated rings. The van der Waals surface area contributed by atoms with Crippen LogP contribution in [0.5, 0.6) is 0 Å². The molecule has 1 amide bonds. The minimum absolute atomic E-state index is 0.0558. The number of benzene rings is 2. The summed E-state index contributed by atoms with van der Waals surface area (Å²) in [4.78, 5) is 25.3. The summed E-state index contributed by atoms with van der Waals surface area (Å²) in [5.41, 5.74) is 7.00. The topological polar surface area (TPSA) is 99.5 Å². The van der Waals surface area contributed by atoms with Crippen molar-refractivity contribution in [1.82, 2.24) is 29.8 Å². The summed E-state index contributed by atoms with van der Waals surface area (Å²) in [5, 5.41) is 16.8. The molecule has 6 aromatic rings. The first-order valence-corrected chi connectivity index (χ1v) is 15.3. The molecule has 44 heavy (non-hydrogen) atoms. The number of aromatic nitrogens is 4. The summed E-state index contributed by atoms with van der Waals surface area (Å²) in [5.74, 6) is 0.441. The van der Waals surface area contributed by atoms with Crippen molar-refractivity contribution in [2.45, 2.75) is 13.0 Å². The van der Waals surface area contributed by atoms with Gasteiger partial charge in [0.1, 0.15) is 5.69 Å². The fourth-order valence-electron chi connectivity index (χ4n) is 4.96. The fraction of sp³-hybridized carbons (Fsp3) is 0.176. The molecule has 0 radical (unpaired) electrons. The minimum atomic E-state index is -0.0558. The molecule has 4 heterocycles. The van der Waals surface area contributed by atoms with E-state index in [0.717, 1.165) is 58.2 Å². The number of amides is 1. The van der Waals surface area contributed by atoms with Gasteiger partial charge in [0, 0.05) is 53.8 Å². The number of hydrogen-bond donors (Lipinski definition) is 3. The number of nitrogens with zero attached hydrogens (tertiary/aromatic N) is 5. The zero-order valence-electron chi connectivity index (χ0n) is 24.7. The lowest BCUT2D eigenvalue weighted by atomic mass is 10.0. The number of carbonyl (C=O) groups is 1. The van der Waals surface area contributed by atoms with Crippen LogP contribution in [-0.2, 0) is 17.8 Å². The van der Waals surface area contributed by atoms with E-state index in [1.165, 1.54) is 5.56 Å². The average Bonchev–Trinajstić information content (AvgIpc) is 3.68. The molecular weight excluding hydrogens is 568 g/mol. The van der Waals surface area contributed by atoms with Crippen LogP contribution >= 0.6 is 11.3 Å². The monoisotopic (exact) mass is 602 g/mol. The summed E-state index contributed by atoms with van der Waals surface area (Å²) in [7, 11) is 4.14. The number of hydrogen-bond acceptors (Lipinski definition) is 8. The van der Waals surface area contributed by atoms with Crippen molar-refractivity contribution in [2.75, 3.05) is 37.8 Å². The highest BCUT2D eigenvalue weighted by molar-refractivity contribution is 7.10. The van der Waals surface area contributed by atoms with Crippen molar-refractivity contribution in [1.29, 1.82) is 0 Å². The van der Waals surface area contributed by atoms with Crippen molar-refractivity contribution in [3.05, 3.63) is 113 Å². The standard InChI is InChI=1S/C34H34N8OS/c1-41(2)18-16-35-23-24-8-5-10-26(20-24)38-34-36-15-14-29(39-34)32-30-13-3-4-17-42(30)40-33(32)25-9-6-11-27(21-25)37-31(43)22-28-12-7-19-44-28/h3-15,17,19-21,35H,16,18,22-23H2,1-2H3,(H,37,43)(H,36,38,39). The van der Waals surface area contributed by atoms with E-state index >= 15 is 0 Å². The van der Waals surface area contributed by atoms with Crippen molar-refractivity contribution >= 4 is 40.1 Å². The van der Waals surface area contributed by atoms with Gasteiger partial charge in [0.15, 0.2) is 0 Å². The van der Waals surface area contributed by atoms with E-state index in [-0.39, 0.29) is 5.91 Å². The smallest absolute Gasteiger partial charge is 0.229 e. The lowest BCUT2D eigenvalue weighted by Crippen LogP contribution is -2.26. The number of pyridine rings is 1. The number of rotatable bonds is 12. The van der Waals surface area contributed by atoms with E-state index in [4.69, 9.17) is 10.1 Å². The third-order valence-corrected chi connectivity index (χ3v) is 7.91. The summed E-state index contributed by atoms with van der Waals surface area (Å²) in [6.07, 6.45) is 4.02. The Kier molecular flexibility index (Phi) is 9.02. The largest absolute Gasteiger partial charge is 0.326 e. The first kappa shape index (κ1) is 29.2. The van der Waals surface area contributed by atoms with Crippen LogP contribution in [0.3, 0.4) is 0 Å². The van der Waals surface area contributed by atoms with Gasteiger partial charge in [0.05, 0.1) is 23.2 Å². The summed E-state index contributed by atoms with van der Waals surface area (Å²) >= 11 is 1.58. The molecule has 2 aromatic carbocycles. The zero-order valence-corrected chi connectivity index (χ0v) is 25.5. The van der Waals surface area contributed by atoms with E-state index < -0.39 is 0 Å². The van der Waals surface area contributed by atoms with Gasteiger partial charge in [-0.05, 0) is 73.6 Å². The third kappa shape index (κ3) is 7.17. The first-order valence-electron chi connectivity index (χ1n) is 14.5. The molecule has 0 aliphatic rings. The van der Waals surface area contributed by atoms with Crippen LogP contribution in [0.1, 0.15) is 10.4 Å². The Bertz CT molecular complexity index is 1860. The van der Waals surface area contributed by atoms with Gasteiger partial charge < -0.3 is 20.9 Å². The molecular formula is C34H34N8OS. The Morgan fingerprint density at radius 2 is 1.84 bits per heavy atom. The van der Waals surface area contributed by atoms with E-state index in [2.05, 4.69) is 52.1 Å². The Balaban J connectivity index is 1.26. The maximum Gasteiger partial charge on any atom is 0.229 e. The maximum atomic E-state index is 12.7. The van der Waals surface area contributed by atoms with Gasteiger partial charge in [0.25, 0.3) is 0 Å². The SMILES string of the molecule is CN(C)CCNCc1cccc(Nc2nccc(-c3c(-c4cccc(NC(=O)Cc5cccs5)c4)nn4ccccc34)n2)c1. The molecule has 0 spiro atoms. The third-order valence-electron chi connectivity index (χ3n) is 7.03. The summed E-state index contributed by atoms with van der Waals surface area (Å²) in [6, 6.07) is 27.8. The van der Waals surface area contributed by atoms with Crippen LogP contribution in [0.15, 0.2) is 103 Å². The van der Waals surface area contributed by atoms with Crippen molar-refractivity contribution < 1.29 is 4.79 Å². The van der Waals surface area contributed by atoms with Crippen LogP contribution in [0.2, 0.25) is 0 Å². The van der Waals surface area contributed by atoms with Gasteiger partial charge in [-0.3, -0.25) is 4.79 Å². The quantitative estimate of drug-likeness (QED) is 0.146. The fourth-order valence-corrected chi connectivity index (χ4v) is 5.66. The van der Waals surface area contributed by atoms with Gasteiger partial charge in [-0.2, -0.15) is 5.10 Å². The predicted octanol–water partition coefficient (Wildman–Crippen LogP) is 6.10. The number of fused-ring (bicyclic) bond motifs is 1.